The summed E-state index contributed by atoms with van der Waals surface area (Å²) in [6.07, 6.45) is 2.18. The summed E-state index contributed by atoms with van der Waals surface area (Å²) < 4.78 is 6.82. The molecule has 1 aromatic carbocycles. The summed E-state index contributed by atoms with van der Waals surface area (Å²) in [4.78, 5) is 10.5. The Kier molecular flexibility index (Phi) is 3.79. The SMILES string of the molecule is COc1ccc(-n2cc(CCC(=O)O)nn2)cc1C. The van der Waals surface area contributed by atoms with Gasteiger partial charge < -0.3 is 9.84 Å². The van der Waals surface area contributed by atoms with E-state index in [1.165, 1.54) is 0 Å². The topological polar surface area (TPSA) is 77.2 Å². The van der Waals surface area contributed by atoms with Crippen LogP contribution in [-0.2, 0) is 11.2 Å². The Morgan fingerprint density at radius 3 is 2.89 bits per heavy atom. The number of aliphatic carboxylic acids is 1. The van der Waals surface area contributed by atoms with Crippen molar-refractivity contribution in [1.82, 2.24) is 15.0 Å². The molecule has 0 bridgehead atoms. The Balaban J connectivity index is 2.18. The normalized spacial score (nSPS) is 10.4. The second-order valence-corrected chi connectivity index (χ2v) is 4.20. The fourth-order valence-electron chi connectivity index (χ4n) is 1.78. The molecule has 1 N–H and O–H groups in total. The van der Waals surface area contributed by atoms with Gasteiger partial charge in [0.25, 0.3) is 0 Å². The molecule has 0 fully saturated rings. The molecule has 1 aromatic heterocycles. The Hall–Kier alpha value is -2.37. The highest BCUT2D eigenvalue weighted by Crippen LogP contribution is 2.20. The van der Waals surface area contributed by atoms with Crippen molar-refractivity contribution >= 4 is 5.97 Å². The Morgan fingerprint density at radius 1 is 1.47 bits per heavy atom. The van der Waals surface area contributed by atoms with E-state index in [1.807, 2.05) is 25.1 Å². The predicted molar refractivity (Wildman–Crippen MR) is 68.6 cm³/mol. The first-order chi connectivity index (χ1) is 9.10. The molecule has 2 aromatic rings. The van der Waals surface area contributed by atoms with Crippen LogP contribution in [0.25, 0.3) is 5.69 Å². The number of carboxylic acids is 1. The number of methoxy groups -OCH3 is 1. The van der Waals surface area contributed by atoms with Crippen LogP contribution >= 0.6 is 0 Å². The maximum Gasteiger partial charge on any atom is 0.303 e. The van der Waals surface area contributed by atoms with Crippen LogP contribution in [0, 0.1) is 6.92 Å². The van der Waals surface area contributed by atoms with E-state index >= 15 is 0 Å². The summed E-state index contributed by atoms with van der Waals surface area (Å²) in [6, 6.07) is 5.68. The number of ether oxygens (including phenoxy) is 1. The molecule has 0 amide bonds. The maximum atomic E-state index is 10.5. The number of aryl methyl sites for hydroxylation is 2. The third-order valence-electron chi connectivity index (χ3n) is 2.78. The first-order valence-electron chi connectivity index (χ1n) is 5.88. The van der Waals surface area contributed by atoms with E-state index in [2.05, 4.69) is 10.3 Å². The Morgan fingerprint density at radius 2 is 2.26 bits per heavy atom. The van der Waals surface area contributed by atoms with Gasteiger partial charge in [-0.05, 0) is 30.7 Å². The van der Waals surface area contributed by atoms with Crippen LogP contribution < -0.4 is 4.74 Å². The van der Waals surface area contributed by atoms with Crippen molar-refractivity contribution in [2.24, 2.45) is 0 Å². The van der Waals surface area contributed by atoms with Crippen LogP contribution in [0.15, 0.2) is 24.4 Å². The number of benzene rings is 1. The average molecular weight is 261 g/mol. The van der Waals surface area contributed by atoms with Gasteiger partial charge in [-0.25, -0.2) is 4.68 Å². The van der Waals surface area contributed by atoms with Gasteiger partial charge in [-0.2, -0.15) is 0 Å². The number of hydrogen-bond donors (Lipinski definition) is 1. The minimum atomic E-state index is -0.838. The molecule has 0 aliphatic rings. The lowest BCUT2D eigenvalue weighted by Gasteiger charge is -2.06. The van der Waals surface area contributed by atoms with E-state index in [4.69, 9.17) is 9.84 Å². The number of hydrogen-bond acceptors (Lipinski definition) is 4. The molecule has 0 aliphatic carbocycles. The first kappa shape index (κ1) is 13.1. The summed E-state index contributed by atoms with van der Waals surface area (Å²) in [5.74, 6) is -0.0233. The van der Waals surface area contributed by atoms with Crippen molar-refractivity contribution < 1.29 is 14.6 Å². The molecule has 0 saturated carbocycles. The van der Waals surface area contributed by atoms with Gasteiger partial charge in [0.05, 0.1) is 31.1 Å². The summed E-state index contributed by atoms with van der Waals surface area (Å²) >= 11 is 0. The van der Waals surface area contributed by atoms with Gasteiger partial charge in [0, 0.05) is 6.42 Å². The molecule has 0 unspecified atom stereocenters. The van der Waals surface area contributed by atoms with Gasteiger partial charge in [0.1, 0.15) is 5.75 Å². The fourth-order valence-corrected chi connectivity index (χ4v) is 1.78. The van der Waals surface area contributed by atoms with E-state index in [-0.39, 0.29) is 6.42 Å². The Bertz CT molecular complexity index is 593. The van der Waals surface area contributed by atoms with Crippen LogP contribution in [0.2, 0.25) is 0 Å². The number of nitrogens with zero attached hydrogens (tertiary/aromatic N) is 3. The average Bonchev–Trinajstić information content (AvgIpc) is 2.85. The van der Waals surface area contributed by atoms with Crippen molar-refractivity contribution in [2.75, 3.05) is 7.11 Å². The van der Waals surface area contributed by atoms with Gasteiger partial charge in [0.15, 0.2) is 0 Å². The zero-order valence-electron chi connectivity index (χ0n) is 10.8. The number of rotatable bonds is 5. The van der Waals surface area contributed by atoms with Crippen LogP contribution in [0.3, 0.4) is 0 Å². The van der Waals surface area contributed by atoms with Crippen molar-refractivity contribution in [2.45, 2.75) is 19.8 Å². The molecule has 0 spiro atoms. The van der Waals surface area contributed by atoms with E-state index in [0.29, 0.717) is 12.1 Å². The number of aromatic nitrogens is 3. The van der Waals surface area contributed by atoms with Gasteiger partial charge in [-0.3, -0.25) is 4.79 Å². The summed E-state index contributed by atoms with van der Waals surface area (Å²) in [5, 5.41) is 16.6. The van der Waals surface area contributed by atoms with Crippen molar-refractivity contribution in [1.29, 1.82) is 0 Å². The molecule has 19 heavy (non-hydrogen) atoms. The smallest absolute Gasteiger partial charge is 0.303 e. The largest absolute Gasteiger partial charge is 0.496 e. The third-order valence-corrected chi connectivity index (χ3v) is 2.78. The highest BCUT2D eigenvalue weighted by Gasteiger charge is 2.07. The minimum absolute atomic E-state index is 0.0559. The molecule has 0 atom stereocenters. The highest BCUT2D eigenvalue weighted by molar-refractivity contribution is 5.66. The zero-order chi connectivity index (χ0) is 13.8. The molecule has 0 radical (unpaired) electrons. The van der Waals surface area contributed by atoms with E-state index in [0.717, 1.165) is 17.0 Å². The molecular formula is C13H15N3O3. The second kappa shape index (κ2) is 5.51. The number of carboxylic acid groups (broad SMARTS) is 1. The van der Waals surface area contributed by atoms with E-state index in [1.54, 1.807) is 18.0 Å². The highest BCUT2D eigenvalue weighted by atomic mass is 16.5. The van der Waals surface area contributed by atoms with Crippen LogP contribution in [0.4, 0.5) is 0 Å². The quantitative estimate of drug-likeness (QED) is 0.884. The molecule has 2 rings (SSSR count). The predicted octanol–water partition coefficient (Wildman–Crippen LogP) is 1.60. The standard InChI is InChI=1S/C13H15N3O3/c1-9-7-11(4-5-12(9)19-2)16-8-10(14-15-16)3-6-13(17)18/h4-5,7-8H,3,6H2,1-2H3,(H,17,18). The van der Waals surface area contributed by atoms with Crippen molar-refractivity contribution in [3.8, 4) is 11.4 Å². The van der Waals surface area contributed by atoms with Gasteiger partial charge in [-0.1, -0.05) is 5.21 Å². The summed E-state index contributed by atoms with van der Waals surface area (Å²) in [6.45, 7) is 1.95. The van der Waals surface area contributed by atoms with Crippen molar-refractivity contribution in [3.63, 3.8) is 0 Å². The van der Waals surface area contributed by atoms with Gasteiger partial charge in [-0.15, -0.1) is 5.10 Å². The molecule has 6 nitrogen and oxygen atoms in total. The van der Waals surface area contributed by atoms with Crippen molar-refractivity contribution in [3.05, 3.63) is 35.7 Å². The first-order valence-corrected chi connectivity index (χ1v) is 5.88. The lowest BCUT2D eigenvalue weighted by molar-refractivity contribution is -0.136. The molecule has 0 aliphatic heterocycles. The van der Waals surface area contributed by atoms with E-state index in [9.17, 15) is 4.79 Å². The fraction of sp³-hybridized carbons (Fsp3) is 0.308. The van der Waals surface area contributed by atoms with Gasteiger partial charge in [0.2, 0.25) is 0 Å². The summed E-state index contributed by atoms with van der Waals surface area (Å²) in [7, 11) is 1.63. The zero-order valence-corrected chi connectivity index (χ0v) is 10.8. The monoisotopic (exact) mass is 261 g/mol. The summed E-state index contributed by atoms with van der Waals surface area (Å²) in [5.41, 5.74) is 2.53. The van der Waals surface area contributed by atoms with Crippen LogP contribution in [-0.4, -0.2) is 33.2 Å². The molecule has 6 heteroatoms. The number of carbonyl (C=O) groups is 1. The maximum absolute atomic E-state index is 10.5. The molecule has 0 saturated heterocycles. The van der Waals surface area contributed by atoms with Crippen LogP contribution in [0.5, 0.6) is 5.75 Å². The Labute approximate surface area is 110 Å². The minimum Gasteiger partial charge on any atom is -0.496 e. The molecule has 1 heterocycles. The molecule has 100 valence electrons. The second-order valence-electron chi connectivity index (χ2n) is 4.20. The van der Waals surface area contributed by atoms with E-state index < -0.39 is 5.97 Å². The van der Waals surface area contributed by atoms with Crippen LogP contribution in [0.1, 0.15) is 17.7 Å². The third kappa shape index (κ3) is 3.09. The van der Waals surface area contributed by atoms with Gasteiger partial charge >= 0.3 is 5.97 Å². The lowest BCUT2D eigenvalue weighted by atomic mass is 10.2. The lowest BCUT2D eigenvalue weighted by Crippen LogP contribution is -1.97. The molecular weight excluding hydrogens is 246 g/mol.